The van der Waals surface area contributed by atoms with Gasteiger partial charge in [0.1, 0.15) is 0 Å². The lowest BCUT2D eigenvalue weighted by Crippen LogP contribution is -1.92. The van der Waals surface area contributed by atoms with Crippen LogP contribution in [0, 0.1) is 6.92 Å². The minimum atomic E-state index is 0.181. The lowest BCUT2D eigenvalue weighted by atomic mass is 10.0. The van der Waals surface area contributed by atoms with E-state index in [-0.39, 0.29) is 13.1 Å². The van der Waals surface area contributed by atoms with Gasteiger partial charge in [-0.2, -0.15) is 0 Å². The predicted molar refractivity (Wildman–Crippen MR) is 59.8 cm³/mol. The number of halogens is 1. The molecule has 4 nitrogen and oxygen atoms in total. The van der Waals surface area contributed by atoms with Gasteiger partial charge in [-0.15, -0.1) is 0 Å². The lowest BCUT2D eigenvalue weighted by molar-refractivity contribution is 0.562. The van der Waals surface area contributed by atoms with Crippen molar-refractivity contribution in [1.29, 1.82) is 0 Å². The van der Waals surface area contributed by atoms with E-state index in [2.05, 4.69) is 9.98 Å². The van der Waals surface area contributed by atoms with Crippen molar-refractivity contribution in [3.05, 3.63) is 33.8 Å². The molecule has 0 fully saturated rings. The van der Waals surface area contributed by atoms with Crippen molar-refractivity contribution in [1.82, 2.24) is 0 Å². The van der Waals surface area contributed by atoms with Crippen molar-refractivity contribution in [2.45, 2.75) is 20.0 Å². The maximum atomic E-state index is 10.0. The second kappa shape index (κ2) is 5.99. The fourth-order valence-corrected chi connectivity index (χ4v) is 1.57. The number of hydrogen-bond acceptors (Lipinski definition) is 4. The molecular weight excluding hydrogens is 228 g/mol. The van der Waals surface area contributed by atoms with Gasteiger partial charge in [-0.05, 0) is 29.7 Å². The molecule has 0 heterocycles. The van der Waals surface area contributed by atoms with Gasteiger partial charge in [0.25, 0.3) is 0 Å². The van der Waals surface area contributed by atoms with Crippen LogP contribution in [0.25, 0.3) is 0 Å². The largest absolute Gasteiger partial charge is 0.235 e. The first-order chi connectivity index (χ1) is 7.69. The zero-order chi connectivity index (χ0) is 12.0. The third kappa shape index (κ3) is 3.14. The number of rotatable bonds is 4. The minimum absolute atomic E-state index is 0.181. The van der Waals surface area contributed by atoms with E-state index >= 15 is 0 Å². The molecule has 0 bridgehead atoms. The van der Waals surface area contributed by atoms with Crippen LogP contribution >= 0.6 is 11.6 Å². The normalized spacial score (nSPS) is 9.12. The van der Waals surface area contributed by atoms with Crippen molar-refractivity contribution >= 4 is 23.8 Å². The van der Waals surface area contributed by atoms with E-state index in [0.717, 1.165) is 11.1 Å². The predicted octanol–water partition coefficient (Wildman–Crippen LogP) is 2.32. The zero-order valence-corrected chi connectivity index (χ0v) is 9.41. The molecule has 0 amide bonds. The minimum Gasteiger partial charge on any atom is -0.211 e. The third-order valence-corrected chi connectivity index (χ3v) is 2.48. The molecule has 0 unspecified atom stereocenters. The number of aliphatic imine (C=N–C) groups is 2. The van der Waals surface area contributed by atoms with Gasteiger partial charge in [0.2, 0.25) is 12.2 Å². The van der Waals surface area contributed by atoms with Crippen LogP contribution in [0.3, 0.4) is 0 Å². The fraction of sp³-hybridized carbons (Fsp3) is 0.273. The SMILES string of the molecule is Cc1cc(Cl)c(CN=C=O)cc1CN=C=O. The van der Waals surface area contributed by atoms with Gasteiger partial charge in [-0.3, -0.25) is 0 Å². The van der Waals surface area contributed by atoms with E-state index < -0.39 is 0 Å². The summed E-state index contributed by atoms with van der Waals surface area (Å²) in [4.78, 5) is 27.0. The summed E-state index contributed by atoms with van der Waals surface area (Å²) in [6.45, 7) is 2.30. The second-order valence-electron chi connectivity index (χ2n) is 3.19. The van der Waals surface area contributed by atoms with E-state index in [4.69, 9.17) is 11.6 Å². The number of hydrogen-bond donors (Lipinski definition) is 0. The monoisotopic (exact) mass is 236 g/mol. The average Bonchev–Trinajstić information content (AvgIpc) is 2.26. The van der Waals surface area contributed by atoms with Gasteiger partial charge < -0.3 is 0 Å². The Bertz CT molecular complexity index is 446. The quantitative estimate of drug-likeness (QED) is 0.595. The summed E-state index contributed by atoms with van der Waals surface area (Å²) in [6, 6.07) is 3.53. The molecule has 0 spiro atoms. The highest BCUT2D eigenvalue weighted by Gasteiger charge is 2.05. The molecule has 0 N–H and O–H groups in total. The fourth-order valence-electron chi connectivity index (χ4n) is 1.29. The topological polar surface area (TPSA) is 58.9 Å². The van der Waals surface area contributed by atoms with E-state index in [1.54, 1.807) is 12.1 Å². The number of aryl methyl sites for hydroxylation is 1. The molecule has 1 rings (SSSR count). The van der Waals surface area contributed by atoms with Gasteiger partial charge in [-0.25, -0.2) is 19.6 Å². The molecule has 0 aliphatic carbocycles. The molecule has 82 valence electrons. The summed E-state index contributed by atoms with van der Waals surface area (Å²) in [5.74, 6) is 0. The molecule has 1 aromatic rings. The van der Waals surface area contributed by atoms with Crippen molar-refractivity contribution in [3.63, 3.8) is 0 Å². The lowest BCUT2D eigenvalue weighted by Gasteiger charge is -2.06. The van der Waals surface area contributed by atoms with Crippen LogP contribution in [0.15, 0.2) is 22.1 Å². The molecule has 16 heavy (non-hydrogen) atoms. The van der Waals surface area contributed by atoms with E-state index in [1.807, 2.05) is 6.92 Å². The van der Waals surface area contributed by atoms with Crippen LogP contribution in [0.2, 0.25) is 5.02 Å². The van der Waals surface area contributed by atoms with Crippen LogP contribution in [0.5, 0.6) is 0 Å². The highest BCUT2D eigenvalue weighted by atomic mass is 35.5. The van der Waals surface area contributed by atoms with Gasteiger partial charge >= 0.3 is 0 Å². The first-order valence-corrected chi connectivity index (χ1v) is 4.92. The molecule has 0 aromatic heterocycles. The molecule has 0 atom stereocenters. The van der Waals surface area contributed by atoms with E-state index in [0.29, 0.717) is 10.6 Å². The highest BCUT2D eigenvalue weighted by Crippen LogP contribution is 2.22. The van der Waals surface area contributed by atoms with Crippen LogP contribution < -0.4 is 0 Å². The summed E-state index contributed by atoms with van der Waals surface area (Å²) in [6.07, 6.45) is 2.93. The molecule has 5 heteroatoms. The van der Waals surface area contributed by atoms with Crippen LogP contribution in [-0.4, -0.2) is 12.2 Å². The van der Waals surface area contributed by atoms with Crippen molar-refractivity contribution in [3.8, 4) is 0 Å². The Morgan fingerprint density at radius 3 is 2.25 bits per heavy atom. The molecule has 0 radical (unpaired) electrons. The molecule has 1 aromatic carbocycles. The Morgan fingerprint density at radius 2 is 1.69 bits per heavy atom. The van der Waals surface area contributed by atoms with Gasteiger partial charge in [0.15, 0.2) is 0 Å². The number of isocyanates is 2. The molecule has 0 saturated carbocycles. The Balaban J connectivity index is 3.09. The van der Waals surface area contributed by atoms with Crippen molar-refractivity contribution in [2.75, 3.05) is 0 Å². The zero-order valence-electron chi connectivity index (χ0n) is 8.66. The maximum absolute atomic E-state index is 10.0. The van der Waals surface area contributed by atoms with Crippen molar-refractivity contribution < 1.29 is 9.59 Å². The van der Waals surface area contributed by atoms with Gasteiger partial charge in [0.05, 0.1) is 13.1 Å². The van der Waals surface area contributed by atoms with Crippen molar-refractivity contribution in [2.24, 2.45) is 9.98 Å². The summed E-state index contributed by atoms with van der Waals surface area (Å²) in [5, 5.41) is 0.537. The summed E-state index contributed by atoms with van der Waals surface area (Å²) in [7, 11) is 0. The summed E-state index contributed by atoms with van der Waals surface area (Å²) >= 11 is 5.97. The molecule has 0 aliphatic rings. The number of nitrogens with zero attached hydrogens (tertiary/aromatic N) is 2. The third-order valence-electron chi connectivity index (χ3n) is 2.13. The van der Waals surface area contributed by atoms with E-state index in [9.17, 15) is 9.59 Å². The highest BCUT2D eigenvalue weighted by molar-refractivity contribution is 6.31. The molecule has 0 aliphatic heterocycles. The smallest absolute Gasteiger partial charge is 0.211 e. The summed E-state index contributed by atoms with van der Waals surface area (Å²) in [5.41, 5.74) is 2.51. The maximum Gasteiger partial charge on any atom is 0.235 e. The molecular formula is C11H9ClN2O2. The average molecular weight is 237 g/mol. The second-order valence-corrected chi connectivity index (χ2v) is 3.59. The first kappa shape index (κ1) is 12.3. The van der Waals surface area contributed by atoms with Crippen LogP contribution in [0.4, 0.5) is 0 Å². The van der Waals surface area contributed by atoms with Crippen LogP contribution in [-0.2, 0) is 22.7 Å². The van der Waals surface area contributed by atoms with Crippen LogP contribution in [0.1, 0.15) is 16.7 Å². The Morgan fingerprint density at radius 1 is 1.12 bits per heavy atom. The van der Waals surface area contributed by atoms with Gasteiger partial charge in [-0.1, -0.05) is 17.7 Å². The standard InChI is InChI=1S/C11H9ClN2O2/c1-8-2-11(12)10(5-14-7-16)3-9(8)4-13-6-15/h2-3H,4-5H2,1H3. The number of carbonyl (C=O) groups excluding carboxylic acids is 2. The van der Waals surface area contributed by atoms with Gasteiger partial charge in [0, 0.05) is 5.02 Å². The molecule has 0 saturated heterocycles. The Labute approximate surface area is 97.7 Å². The number of benzene rings is 1. The summed E-state index contributed by atoms with van der Waals surface area (Å²) < 4.78 is 0. The Hall–Kier alpha value is -1.73. The van der Waals surface area contributed by atoms with E-state index in [1.165, 1.54) is 12.2 Å². The Kier molecular flexibility index (Phi) is 4.62. The first-order valence-electron chi connectivity index (χ1n) is 4.54.